The molecule has 2 aromatic carbocycles. The molecule has 0 bridgehead atoms. The molecule has 0 spiro atoms. The van der Waals surface area contributed by atoms with Crippen LogP contribution < -0.4 is 22.9 Å². The lowest BCUT2D eigenvalue weighted by molar-refractivity contribution is 0.0958. The summed E-state index contributed by atoms with van der Waals surface area (Å²) in [6.45, 7) is 15.8. The highest BCUT2D eigenvalue weighted by Gasteiger charge is 2.27. The summed E-state index contributed by atoms with van der Waals surface area (Å²) in [4.78, 5) is 44.3. The zero-order valence-electron chi connectivity index (χ0n) is 29.4. The highest BCUT2D eigenvalue weighted by atomic mass is 16.2. The van der Waals surface area contributed by atoms with Gasteiger partial charge in [-0.3, -0.25) is 14.4 Å². The molecule has 2 aromatic heterocycles. The van der Waals surface area contributed by atoms with E-state index in [2.05, 4.69) is 35.3 Å². The molecule has 11 heteroatoms. The van der Waals surface area contributed by atoms with Gasteiger partial charge < -0.3 is 32.1 Å². The Morgan fingerprint density at radius 1 is 0.688 bits per heavy atom. The number of amides is 2. The maximum atomic E-state index is 12.8. The molecule has 0 unspecified atom stereocenters. The quantitative estimate of drug-likeness (QED) is 0.156. The fourth-order valence-electron chi connectivity index (χ4n) is 7.14. The van der Waals surface area contributed by atoms with Gasteiger partial charge in [0, 0.05) is 35.8 Å². The van der Waals surface area contributed by atoms with Crippen molar-refractivity contribution in [2.75, 3.05) is 0 Å². The molecule has 4 heterocycles. The Balaban J connectivity index is 0.000000212. The van der Waals surface area contributed by atoms with Crippen molar-refractivity contribution in [1.29, 1.82) is 0 Å². The Hall–Kier alpha value is -4.93. The lowest BCUT2D eigenvalue weighted by Crippen LogP contribution is -2.25. The summed E-state index contributed by atoms with van der Waals surface area (Å²) >= 11 is 0. The van der Waals surface area contributed by atoms with E-state index in [1.807, 2.05) is 44.4 Å². The van der Waals surface area contributed by atoms with Crippen LogP contribution in [0.25, 0.3) is 21.8 Å². The standard InChI is InChI=1S/C21H30N4O.C14H14N4O2.C2H6/c1-12-13(2)16-10-8-6-5-7-9-11-25-18(20(26)24-21(22)23)15(4)17(14(12)3)19(16)25;1-7-2-3-8-11(19)4-5-18-10(6-9(7)12(8)18)13(20)17-14(15)16;1-2/h5-11H2,1-4H3,(H4,22,23,24,26);2-3,6H,4-5H2,1H3,(H4,15,16,17,20);1-2H3. The third-order valence-electron chi connectivity index (χ3n) is 9.58. The minimum Gasteiger partial charge on any atom is -0.370 e. The Morgan fingerprint density at radius 3 is 1.98 bits per heavy atom. The second kappa shape index (κ2) is 14.9. The number of carbonyl (C=O) groups is 3. The van der Waals surface area contributed by atoms with Gasteiger partial charge in [0.15, 0.2) is 17.7 Å². The fraction of sp³-hybridized carbons (Fsp3) is 0.432. The fourth-order valence-corrected chi connectivity index (χ4v) is 7.14. The van der Waals surface area contributed by atoms with Crippen LogP contribution in [0.4, 0.5) is 0 Å². The Morgan fingerprint density at radius 2 is 1.31 bits per heavy atom. The number of aliphatic imine (C=N–C) groups is 2. The molecular formula is C37H50N8O3. The molecule has 0 aliphatic carbocycles. The summed E-state index contributed by atoms with van der Waals surface area (Å²) < 4.78 is 4.02. The lowest BCUT2D eigenvalue weighted by atomic mass is 9.90. The van der Waals surface area contributed by atoms with Gasteiger partial charge in [-0.15, -0.1) is 0 Å². The van der Waals surface area contributed by atoms with E-state index in [1.54, 1.807) is 6.07 Å². The van der Waals surface area contributed by atoms with Crippen molar-refractivity contribution in [1.82, 2.24) is 9.13 Å². The van der Waals surface area contributed by atoms with E-state index in [1.165, 1.54) is 58.8 Å². The summed E-state index contributed by atoms with van der Waals surface area (Å²) in [7, 11) is 0. The molecule has 8 N–H and O–H groups in total. The first-order chi connectivity index (χ1) is 22.8. The molecule has 0 saturated heterocycles. The topological polar surface area (TPSA) is 190 Å². The second-order valence-corrected chi connectivity index (χ2v) is 12.5. The molecule has 4 aromatic rings. The number of nitrogens with zero attached hydrogens (tertiary/aromatic N) is 4. The normalized spacial score (nSPS) is 13.9. The zero-order valence-corrected chi connectivity index (χ0v) is 29.4. The largest absolute Gasteiger partial charge is 0.370 e. The van der Waals surface area contributed by atoms with E-state index >= 15 is 0 Å². The smallest absolute Gasteiger partial charge is 0.297 e. The van der Waals surface area contributed by atoms with E-state index < -0.39 is 5.91 Å². The van der Waals surface area contributed by atoms with Crippen LogP contribution in [0.2, 0.25) is 0 Å². The van der Waals surface area contributed by atoms with Crippen molar-refractivity contribution >= 4 is 51.3 Å². The zero-order chi connectivity index (χ0) is 35.4. The number of guanidine groups is 2. The van der Waals surface area contributed by atoms with Crippen molar-refractivity contribution in [3.63, 3.8) is 0 Å². The van der Waals surface area contributed by atoms with Gasteiger partial charge in [-0.05, 0) is 99.4 Å². The molecule has 6 rings (SSSR count). The maximum absolute atomic E-state index is 12.8. The van der Waals surface area contributed by atoms with E-state index in [0.29, 0.717) is 29.9 Å². The predicted molar refractivity (Wildman–Crippen MR) is 195 cm³/mol. The summed E-state index contributed by atoms with van der Waals surface area (Å²) in [5.74, 6) is -1.17. The maximum Gasteiger partial charge on any atom is 0.297 e. The van der Waals surface area contributed by atoms with Crippen molar-refractivity contribution in [3.05, 3.63) is 68.5 Å². The van der Waals surface area contributed by atoms with Crippen molar-refractivity contribution in [2.24, 2.45) is 32.9 Å². The average molecular weight is 655 g/mol. The van der Waals surface area contributed by atoms with Gasteiger partial charge in [0.2, 0.25) is 0 Å². The van der Waals surface area contributed by atoms with Gasteiger partial charge in [0.05, 0.1) is 11.0 Å². The summed E-state index contributed by atoms with van der Waals surface area (Å²) in [5.41, 5.74) is 32.6. The molecule has 2 aliphatic rings. The molecule has 0 saturated carbocycles. The summed E-state index contributed by atoms with van der Waals surface area (Å²) in [5, 5.41) is 2.10. The highest BCUT2D eigenvalue weighted by Crippen LogP contribution is 2.37. The second-order valence-electron chi connectivity index (χ2n) is 12.5. The number of hydrogen-bond acceptors (Lipinski definition) is 3. The van der Waals surface area contributed by atoms with Crippen LogP contribution in [0.1, 0.15) is 117 Å². The van der Waals surface area contributed by atoms with Gasteiger partial charge >= 0.3 is 0 Å². The average Bonchev–Trinajstić information content (AvgIpc) is 3.57. The van der Waals surface area contributed by atoms with E-state index in [9.17, 15) is 14.4 Å². The first kappa shape index (κ1) is 35.9. The van der Waals surface area contributed by atoms with E-state index in [-0.39, 0.29) is 23.6 Å². The summed E-state index contributed by atoms with van der Waals surface area (Å²) in [6.07, 6.45) is 7.41. The Kier molecular flexibility index (Phi) is 11.1. The van der Waals surface area contributed by atoms with Gasteiger partial charge in [0.25, 0.3) is 11.8 Å². The minimum absolute atomic E-state index is 0.0986. The van der Waals surface area contributed by atoms with Crippen LogP contribution in [-0.4, -0.2) is 38.7 Å². The van der Waals surface area contributed by atoms with Gasteiger partial charge in [-0.2, -0.15) is 9.98 Å². The lowest BCUT2D eigenvalue weighted by Gasteiger charge is -2.19. The third-order valence-corrected chi connectivity index (χ3v) is 9.58. The molecule has 48 heavy (non-hydrogen) atoms. The SMILES string of the molecule is CC.Cc1c(C)c2c3c(c1C)c(C)c(C(=O)N=C(N)N)n3CCCCCCC2.Cc1ccc2c3c1cc(C(=O)N=C(N)N)n3CCC2=O. The molecule has 256 valence electrons. The first-order valence-corrected chi connectivity index (χ1v) is 16.9. The molecule has 2 amide bonds. The molecular weight excluding hydrogens is 604 g/mol. The van der Waals surface area contributed by atoms with Crippen LogP contribution in [0.3, 0.4) is 0 Å². The van der Waals surface area contributed by atoms with Gasteiger partial charge in [-0.1, -0.05) is 39.2 Å². The van der Waals surface area contributed by atoms with Gasteiger partial charge in [0.1, 0.15) is 11.4 Å². The monoisotopic (exact) mass is 654 g/mol. The van der Waals surface area contributed by atoms with E-state index in [0.717, 1.165) is 41.4 Å². The number of hydrogen-bond donors (Lipinski definition) is 4. The van der Waals surface area contributed by atoms with Crippen molar-refractivity contribution in [2.45, 2.75) is 107 Å². The summed E-state index contributed by atoms with van der Waals surface area (Å²) in [6, 6.07) is 5.45. The highest BCUT2D eigenvalue weighted by molar-refractivity contribution is 6.12. The number of aryl methyl sites for hydroxylation is 6. The van der Waals surface area contributed by atoms with Crippen LogP contribution in [-0.2, 0) is 19.5 Å². The Labute approximate surface area is 282 Å². The minimum atomic E-state index is -0.485. The van der Waals surface area contributed by atoms with Crippen LogP contribution >= 0.6 is 0 Å². The van der Waals surface area contributed by atoms with E-state index in [4.69, 9.17) is 22.9 Å². The molecule has 2 aliphatic heterocycles. The van der Waals surface area contributed by atoms with Gasteiger partial charge in [-0.25, -0.2) is 0 Å². The van der Waals surface area contributed by atoms with Crippen LogP contribution in [0.15, 0.2) is 28.2 Å². The van der Waals surface area contributed by atoms with Crippen LogP contribution in [0.5, 0.6) is 0 Å². The number of nitrogens with two attached hydrogens (primary N) is 4. The molecule has 0 radical (unpaired) electrons. The third kappa shape index (κ3) is 6.72. The molecule has 0 atom stereocenters. The van der Waals surface area contributed by atoms with Crippen LogP contribution in [0, 0.1) is 34.6 Å². The number of Topliss-reactive ketones (excluding diaryl/α,β-unsaturated/α-hetero) is 1. The predicted octanol–water partition coefficient (Wildman–Crippen LogP) is 5.77. The number of ketones is 1. The number of carbonyl (C=O) groups excluding carboxylic acids is 3. The molecule has 0 fully saturated rings. The number of rotatable bonds is 2. The molecule has 11 nitrogen and oxygen atoms in total. The number of aromatic nitrogens is 2. The van der Waals surface area contributed by atoms with Crippen molar-refractivity contribution in [3.8, 4) is 0 Å². The Bertz CT molecular complexity index is 1970. The van der Waals surface area contributed by atoms with Crippen molar-refractivity contribution < 1.29 is 14.4 Å². The number of benzene rings is 2. The first-order valence-electron chi connectivity index (χ1n) is 16.9.